The molecular formula is C9H17N3O6. The molecule has 0 aliphatic carbocycles. The van der Waals surface area contributed by atoms with Gasteiger partial charge in [0.25, 0.3) is 0 Å². The predicted octanol–water partition coefficient (Wildman–Crippen LogP) is -1.76. The third-order valence-electron chi connectivity index (χ3n) is 2.81. The van der Waals surface area contributed by atoms with Gasteiger partial charge < -0.3 is 30.3 Å². The Labute approximate surface area is 103 Å². The third-order valence-corrected chi connectivity index (χ3v) is 2.81. The van der Waals surface area contributed by atoms with Gasteiger partial charge in [-0.3, -0.25) is 0 Å². The molecule has 0 radical (unpaired) electrons. The van der Waals surface area contributed by atoms with Crippen LogP contribution in [0.3, 0.4) is 0 Å². The van der Waals surface area contributed by atoms with E-state index in [4.69, 9.17) is 15.4 Å². The fraction of sp³-hybridized carbons (Fsp3) is 1.00. The molecule has 9 nitrogen and oxygen atoms in total. The van der Waals surface area contributed by atoms with Crippen LogP contribution in [-0.2, 0) is 4.74 Å². The topological polar surface area (TPSA) is 159 Å². The second-order valence-electron chi connectivity index (χ2n) is 4.46. The van der Waals surface area contributed by atoms with E-state index in [1.807, 2.05) is 0 Å². The van der Waals surface area contributed by atoms with Crippen molar-refractivity contribution in [3.05, 3.63) is 10.4 Å². The highest BCUT2D eigenvalue weighted by atomic mass is 16.6. The third kappa shape index (κ3) is 3.30. The SMILES string of the molecule is CC1(O)CC(O)[C@H](N=[N+]=[N-])C(C(O)C(O)CO)O1. The van der Waals surface area contributed by atoms with Crippen LogP contribution in [0.5, 0.6) is 0 Å². The molecule has 9 heteroatoms. The summed E-state index contributed by atoms with van der Waals surface area (Å²) >= 11 is 0. The van der Waals surface area contributed by atoms with Gasteiger partial charge in [-0.05, 0) is 12.5 Å². The second kappa shape index (κ2) is 5.81. The van der Waals surface area contributed by atoms with Crippen LogP contribution in [-0.4, -0.2) is 68.4 Å². The molecule has 0 aromatic heterocycles. The molecule has 0 bridgehead atoms. The number of aliphatic hydroxyl groups excluding tert-OH is 4. The lowest BCUT2D eigenvalue weighted by molar-refractivity contribution is -0.289. The molecule has 18 heavy (non-hydrogen) atoms. The largest absolute Gasteiger partial charge is 0.394 e. The number of ether oxygens (including phenoxy) is 1. The van der Waals surface area contributed by atoms with E-state index < -0.39 is 42.9 Å². The Morgan fingerprint density at radius 1 is 1.56 bits per heavy atom. The molecule has 1 rings (SSSR count). The molecule has 0 amide bonds. The normalized spacial score (nSPS) is 39.8. The summed E-state index contributed by atoms with van der Waals surface area (Å²) in [5.74, 6) is -1.72. The lowest BCUT2D eigenvalue weighted by Gasteiger charge is -2.43. The van der Waals surface area contributed by atoms with Gasteiger partial charge in [-0.2, -0.15) is 0 Å². The zero-order chi connectivity index (χ0) is 13.9. The van der Waals surface area contributed by atoms with E-state index in [1.165, 1.54) is 6.92 Å². The van der Waals surface area contributed by atoms with Crippen LogP contribution in [0.4, 0.5) is 0 Å². The summed E-state index contributed by atoms with van der Waals surface area (Å²) in [5.41, 5.74) is 8.40. The Morgan fingerprint density at radius 2 is 2.17 bits per heavy atom. The lowest BCUT2D eigenvalue weighted by Crippen LogP contribution is -2.59. The lowest BCUT2D eigenvalue weighted by atomic mass is 9.90. The van der Waals surface area contributed by atoms with E-state index in [0.717, 1.165) is 0 Å². The molecular weight excluding hydrogens is 246 g/mol. The molecule has 0 saturated carbocycles. The number of hydrogen-bond donors (Lipinski definition) is 5. The highest BCUT2D eigenvalue weighted by Gasteiger charge is 2.47. The van der Waals surface area contributed by atoms with Crippen molar-refractivity contribution in [1.82, 2.24) is 0 Å². The fourth-order valence-corrected chi connectivity index (χ4v) is 1.94. The summed E-state index contributed by atoms with van der Waals surface area (Å²) in [7, 11) is 0. The molecule has 1 aliphatic heterocycles. The smallest absolute Gasteiger partial charge is 0.165 e. The molecule has 0 spiro atoms. The first-order valence-electron chi connectivity index (χ1n) is 5.42. The zero-order valence-electron chi connectivity index (χ0n) is 9.79. The van der Waals surface area contributed by atoms with Crippen molar-refractivity contribution in [1.29, 1.82) is 0 Å². The predicted molar refractivity (Wildman–Crippen MR) is 58.2 cm³/mol. The van der Waals surface area contributed by atoms with Crippen LogP contribution < -0.4 is 0 Å². The van der Waals surface area contributed by atoms with Gasteiger partial charge in [0.2, 0.25) is 0 Å². The van der Waals surface area contributed by atoms with Crippen molar-refractivity contribution >= 4 is 0 Å². The van der Waals surface area contributed by atoms with E-state index >= 15 is 0 Å². The van der Waals surface area contributed by atoms with Gasteiger partial charge >= 0.3 is 0 Å². The van der Waals surface area contributed by atoms with Crippen LogP contribution >= 0.6 is 0 Å². The van der Waals surface area contributed by atoms with Crippen molar-refractivity contribution in [2.45, 2.75) is 49.6 Å². The number of rotatable bonds is 4. The summed E-state index contributed by atoms with van der Waals surface area (Å²) in [4.78, 5) is 2.52. The molecule has 0 aromatic rings. The van der Waals surface area contributed by atoms with Crippen molar-refractivity contribution in [3.8, 4) is 0 Å². The maximum atomic E-state index is 9.75. The standard InChI is InChI=1S/C9H17N3O6/c1-9(17)2-4(14)6(11-12-10)8(18-9)7(16)5(15)3-13/h4-8,13-17H,2-3H2,1H3/t4?,5?,6-,7?,8?,9?/m0/s1. The first-order valence-corrected chi connectivity index (χ1v) is 5.42. The summed E-state index contributed by atoms with van der Waals surface area (Å²) in [5, 5.41) is 50.6. The Kier molecular flexibility index (Phi) is 4.88. The van der Waals surface area contributed by atoms with Crippen LogP contribution in [0.15, 0.2) is 5.11 Å². The molecule has 104 valence electrons. The van der Waals surface area contributed by atoms with Crippen molar-refractivity contribution < 1.29 is 30.3 Å². The molecule has 0 aromatic carbocycles. The van der Waals surface area contributed by atoms with Crippen LogP contribution in [0.2, 0.25) is 0 Å². The highest BCUT2D eigenvalue weighted by molar-refractivity contribution is 4.97. The van der Waals surface area contributed by atoms with E-state index in [9.17, 15) is 20.4 Å². The molecule has 1 heterocycles. The minimum Gasteiger partial charge on any atom is -0.394 e. The quantitative estimate of drug-likeness (QED) is 0.229. The molecule has 6 atom stereocenters. The van der Waals surface area contributed by atoms with Crippen molar-refractivity contribution in [2.24, 2.45) is 5.11 Å². The van der Waals surface area contributed by atoms with Gasteiger partial charge in [0.1, 0.15) is 18.3 Å². The maximum Gasteiger partial charge on any atom is 0.165 e. The molecule has 5 N–H and O–H groups in total. The van der Waals surface area contributed by atoms with Gasteiger partial charge in [-0.25, -0.2) is 0 Å². The molecule has 1 saturated heterocycles. The molecule has 5 unspecified atom stereocenters. The van der Waals surface area contributed by atoms with Gasteiger partial charge in [-0.1, -0.05) is 5.11 Å². The highest BCUT2D eigenvalue weighted by Crippen LogP contribution is 2.31. The number of azide groups is 1. The van der Waals surface area contributed by atoms with E-state index in [0.29, 0.717) is 0 Å². The minimum atomic E-state index is -1.72. The minimum absolute atomic E-state index is 0.199. The first-order chi connectivity index (χ1) is 8.32. The Hall–Kier alpha value is -0.930. The number of nitrogens with zero attached hydrogens (tertiary/aromatic N) is 3. The average molecular weight is 263 g/mol. The van der Waals surface area contributed by atoms with Crippen LogP contribution in [0.1, 0.15) is 13.3 Å². The van der Waals surface area contributed by atoms with Crippen molar-refractivity contribution in [2.75, 3.05) is 6.61 Å². The Bertz CT molecular complexity index is 332. The molecule has 1 aliphatic rings. The summed E-state index contributed by atoms with van der Waals surface area (Å²) in [6.45, 7) is 0.538. The Morgan fingerprint density at radius 3 is 2.67 bits per heavy atom. The first kappa shape index (κ1) is 15.1. The second-order valence-corrected chi connectivity index (χ2v) is 4.46. The summed E-state index contributed by atoms with van der Waals surface area (Å²) < 4.78 is 5.10. The Balaban J connectivity index is 2.96. The van der Waals surface area contributed by atoms with Gasteiger partial charge in [0, 0.05) is 11.3 Å². The van der Waals surface area contributed by atoms with Crippen LogP contribution in [0.25, 0.3) is 10.4 Å². The van der Waals surface area contributed by atoms with E-state index in [-0.39, 0.29) is 6.42 Å². The van der Waals surface area contributed by atoms with Gasteiger partial charge in [0.15, 0.2) is 5.79 Å². The maximum absolute atomic E-state index is 9.75. The van der Waals surface area contributed by atoms with E-state index in [1.54, 1.807) is 0 Å². The van der Waals surface area contributed by atoms with E-state index in [2.05, 4.69) is 10.0 Å². The summed E-state index contributed by atoms with van der Waals surface area (Å²) in [6, 6.07) is -1.16. The van der Waals surface area contributed by atoms with Gasteiger partial charge in [0.05, 0.1) is 18.8 Å². The number of aliphatic hydroxyl groups is 5. The van der Waals surface area contributed by atoms with Crippen LogP contribution in [0, 0.1) is 0 Å². The molecule has 1 fully saturated rings. The summed E-state index contributed by atoms with van der Waals surface area (Å²) in [6.07, 6.45) is -5.88. The van der Waals surface area contributed by atoms with Crippen molar-refractivity contribution in [3.63, 3.8) is 0 Å². The zero-order valence-corrected chi connectivity index (χ0v) is 9.79. The van der Waals surface area contributed by atoms with Gasteiger partial charge in [-0.15, -0.1) is 0 Å². The average Bonchev–Trinajstić information content (AvgIpc) is 2.29. The number of hydrogen-bond acceptors (Lipinski definition) is 7. The fourth-order valence-electron chi connectivity index (χ4n) is 1.94. The monoisotopic (exact) mass is 263 g/mol.